The molecule has 2 aromatic rings. The average molecular weight is 323 g/mol. The first-order valence-electron chi connectivity index (χ1n) is 7.57. The number of halogens is 1. The van der Waals surface area contributed by atoms with E-state index in [1.54, 1.807) is 0 Å². The number of rotatable bonds is 5. The second-order valence-corrected chi connectivity index (χ2v) is 5.24. The minimum Gasteiger partial charge on any atom is -0.360 e. The maximum absolute atomic E-state index is 12.9. The molecule has 122 valence electrons. The number of anilines is 2. The summed E-state index contributed by atoms with van der Waals surface area (Å²) in [6.45, 7) is 4.00. The summed E-state index contributed by atoms with van der Waals surface area (Å²) in [4.78, 5) is 12.2. The molecule has 0 saturated heterocycles. The Morgan fingerprint density at radius 1 is 1.25 bits per heavy atom. The molecule has 0 unspecified atom stereocenters. The zero-order valence-corrected chi connectivity index (χ0v) is 13.6. The van der Waals surface area contributed by atoms with Gasteiger partial charge in [-0.2, -0.15) is 5.26 Å². The summed E-state index contributed by atoms with van der Waals surface area (Å²) in [6.07, 6.45) is 2.22. The molecule has 0 aliphatic rings. The van der Waals surface area contributed by atoms with Crippen LogP contribution >= 0.6 is 0 Å². The molecule has 0 radical (unpaired) electrons. The van der Waals surface area contributed by atoms with E-state index in [1.807, 2.05) is 38.1 Å². The summed E-state index contributed by atoms with van der Waals surface area (Å²) in [5.74, 6) is -0.944. The van der Waals surface area contributed by atoms with Crippen LogP contribution in [0.4, 0.5) is 15.8 Å². The van der Waals surface area contributed by atoms with Crippen molar-refractivity contribution in [2.45, 2.75) is 20.3 Å². The first-order chi connectivity index (χ1) is 11.5. The van der Waals surface area contributed by atoms with E-state index in [2.05, 4.69) is 10.6 Å². The summed E-state index contributed by atoms with van der Waals surface area (Å²) in [6, 6.07) is 13.1. The van der Waals surface area contributed by atoms with E-state index in [4.69, 9.17) is 0 Å². The van der Waals surface area contributed by atoms with Crippen LogP contribution in [0.1, 0.15) is 18.1 Å². The van der Waals surface area contributed by atoms with Gasteiger partial charge in [0, 0.05) is 17.6 Å². The average Bonchev–Trinajstić information content (AvgIpc) is 2.58. The van der Waals surface area contributed by atoms with Crippen molar-refractivity contribution in [1.82, 2.24) is 0 Å². The number of aryl methyl sites for hydroxylation is 2. The van der Waals surface area contributed by atoms with Crippen LogP contribution in [0.3, 0.4) is 0 Å². The van der Waals surface area contributed by atoms with Crippen molar-refractivity contribution in [1.29, 1.82) is 5.26 Å². The lowest BCUT2D eigenvalue weighted by molar-refractivity contribution is -0.112. The predicted octanol–water partition coefficient (Wildman–Crippen LogP) is 4.15. The van der Waals surface area contributed by atoms with E-state index < -0.39 is 11.7 Å². The molecule has 2 aromatic carbocycles. The van der Waals surface area contributed by atoms with E-state index in [0.717, 1.165) is 23.2 Å². The lowest BCUT2D eigenvalue weighted by Gasteiger charge is -2.11. The highest BCUT2D eigenvalue weighted by atomic mass is 19.1. The first kappa shape index (κ1) is 17.2. The fourth-order valence-electron chi connectivity index (χ4n) is 2.25. The minimum absolute atomic E-state index is 0.0652. The lowest BCUT2D eigenvalue weighted by Crippen LogP contribution is -2.14. The standard InChI is InChI=1S/C19H18FN3O/c1-3-14-6-4-5-13(2)18(14)22-12-15(11-21)19(24)23-17-9-7-16(20)8-10-17/h4-10,12,22H,3H2,1-2H3,(H,23,24)/b15-12-. The number of hydrogen-bond acceptors (Lipinski definition) is 3. The summed E-state index contributed by atoms with van der Waals surface area (Å²) in [5.41, 5.74) is 3.38. The quantitative estimate of drug-likeness (QED) is 0.641. The molecule has 5 heteroatoms. The number of nitrogens with one attached hydrogen (secondary N) is 2. The van der Waals surface area contributed by atoms with Gasteiger partial charge < -0.3 is 10.6 Å². The fraction of sp³-hybridized carbons (Fsp3) is 0.158. The highest BCUT2D eigenvalue weighted by Gasteiger charge is 2.10. The molecule has 4 nitrogen and oxygen atoms in total. The second kappa shape index (κ2) is 7.93. The minimum atomic E-state index is -0.553. The Morgan fingerprint density at radius 3 is 2.58 bits per heavy atom. The molecule has 0 fully saturated rings. The van der Waals surface area contributed by atoms with Gasteiger partial charge >= 0.3 is 0 Å². The summed E-state index contributed by atoms with van der Waals surface area (Å²) in [7, 11) is 0. The van der Waals surface area contributed by atoms with Gasteiger partial charge in [0.05, 0.1) is 0 Å². The number of carbonyl (C=O) groups excluding carboxylic acids is 1. The largest absolute Gasteiger partial charge is 0.360 e. The third kappa shape index (κ3) is 4.20. The van der Waals surface area contributed by atoms with Crippen LogP contribution in [0.5, 0.6) is 0 Å². The van der Waals surface area contributed by atoms with Crippen molar-refractivity contribution >= 4 is 17.3 Å². The molecule has 2 rings (SSSR count). The fourth-order valence-corrected chi connectivity index (χ4v) is 2.25. The second-order valence-electron chi connectivity index (χ2n) is 5.24. The molecule has 0 aliphatic heterocycles. The van der Waals surface area contributed by atoms with Crippen molar-refractivity contribution in [3.05, 3.63) is 71.2 Å². The van der Waals surface area contributed by atoms with E-state index in [0.29, 0.717) is 5.69 Å². The summed E-state index contributed by atoms with van der Waals surface area (Å²) < 4.78 is 12.9. The van der Waals surface area contributed by atoms with Gasteiger partial charge in [0.2, 0.25) is 0 Å². The van der Waals surface area contributed by atoms with Gasteiger partial charge in [-0.05, 0) is 48.7 Å². The normalized spacial score (nSPS) is 10.8. The number of amides is 1. The Labute approximate surface area is 140 Å². The van der Waals surface area contributed by atoms with Crippen molar-refractivity contribution in [3.63, 3.8) is 0 Å². The maximum Gasteiger partial charge on any atom is 0.267 e. The molecule has 0 bridgehead atoms. The van der Waals surface area contributed by atoms with Crippen LogP contribution < -0.4 is 10.6 Å². The van der Waals surface area contributed by atoms with Gasteiger partial charge in [-0.3, -0.25) is 4.79 Å². The van der Waals surface area contributed by atoms with Gasteiger partial charge in [-0.15, -0.1) is 0 Å². The van der Waals surface area contributed by atoms with E-state index >= 15 is 0 Å². The van der Waals surface area contributed by atoms with E-state index in [-0.39, 0.29) is 5.57 Å². The molecule has 0 aliphatic carbocycles. The van der Waals surface area contributed by atoms with Crippen molar-refractivity contribution in [2.24, 2.45) is 0 Å². The van der Waals surface area contributed by atoms with E-state index in [1.165, 1.54) is 30.5 Å². The zero-order valence-electron chi connectivity index (χ0n) is 13.6. The molecule has 0 aromatic heterocycles. The highest BCUT2D eigenvalue weighted by molar-refractivity contribution is 6.06. The van der Waals surface area contributed by atoms with Gasteiger partial charge in [0.25, 0.3) is 5.91 Å². The van der Waals surface area contributed by atoms with Crippen molar-refractivity contribution in [3.8, 4) is 6.07 Å². The molecule has 2 N–H and O–H groups in total. The molecular formula is C19H18FN3O. The smallest absolute Gasteiger partial charge is 0.267 e. The van der Waals surface area contributed by atoms with E-state index in [9.17, 15) is 14.4 Å². The van der Waals surface area contributed by atoms with Crippen LogP contribution in [0.15, 0.2) is 54.2 Å². The van der Waals surface area contributed by atoms with Crippen LogP contribution in [0, 0.1) is 24.1 Å². The highest BCUT2D eigenvalue weighted by Crippen LogP contribution is 2.21. The lowest BCUT2D eigenvalue weighted by atomic mass is 10.1. The maximum atomic E-state index is 12.9. The number of benzene rings is 2. The van der Waals surface area contributed by atoms with Gasteiger partial charge in [-0.25, -0.2) is 4.39 Å². The third-order valence-corrected chi connectivity index (χ3v) is 3.57. The molecule has 1 amide bonds. The van der Waals surface area contributed by atoms with Crippen LogP contribution in [-0.4, -0.2) is 5.91 Å². The molecule has 0 saturated carbocycles. The number of hydrogen-bond donors (Lipinski definition) is 2. The van der Waals surface area contributed by atoms with Gasteiger partial charge in [0.1, 0.15) is 17.5 Å². The Bertz CT molecular complexity index is 804. The van der Waals surface area contributed by atoms with Crippen molar-refractivity contribution < 1.29 is 9.18 Å². The Kier molecular flexibility index (Phi) is 5.69. The van der Waals surface area contributed by atoms with Crippen LogP contribution in [-0.2, 0) is 11.2 Å². The molecule has 0 spiro atoms. The monoisotopic (exact) mass is 323 g/mol. The Morgan fingerprint density at radius 2 is 1.96 bits per heavy atom. The first-order valence-corrected chi connectivity index (χ1v) is 7.57. The van der Waals surface area contributed by atoms with Crippen LogP contribution in [0.2, 0.25) is 0 Å². The van der Waals surface area contributed by atoms with Gasteiger partial charge in [0.15, 0.2) is 0 Å². The van der Waals surface area contributed by atoms with Gasteiger partial charge in [-0.1, -0.05) is 25.1 Å². The topological polar surface area (TPSA) is 64.9 Å². The molecule has 24 heavy (non-hydrogen) atoms. The number of para-hydroxylation sites is 1. The molecule has 0 atom stereocenters. The molecular weight excluding hydrogens is 305 g/mol. The molecule has 0 heterocycles. The predicted molar refractivity (Wildman–Crippen MR) is 92.9 cm³/mol. The number of carbonyl (C=O) groups is 1. The number of nitriles is 1. The summed E-state index contributed by atoms with van der Waals surface area (Å²) >= 11 is 0. The third-order valence-electron chi connectivity index (χ3n) is 3.57. The zero-order chi connectivity index (χ0) is 17.5. The SMILES string of the molecule is CCc1cccc(C)c1N/C=C(/C#N)C(=O)Nc1ccc(F)cc1. The van der Waals surface area contributed by atoms with Crippen molar-refractivity contribution in [2.75, 3.05) is 10.6 Å². The Hall–Kier alpha value is -3.13. The Balaban J connectivity index is 2.16. The summed E-state index contributed by atoms with van der Waals surface area (Å²) in [5, 5.41) is 14.8. The van der Waals surface area contributed by atoms with Crippen LogP contribution in [0.25, 0.3) is 0 Å². The number of nitrogens with zero attached hydrogens (tertiary/aromatic N) is 1.